The third-order valence-corrected chi connectivity index (χ3v) is 5.91. The SMILES string of the molecule is CS(=O)(=O)CCCNS(=O)(=O)c1ccc(C#N)s1. The van der Waals surface area contributed by atoms with Crippen LogP contribution in [-0.2, 0) is 19.9 Å². The van der Waals surface area contributed by atoms with Crippen molar-refractivity contribution < 1.29 is 16.8 Å². The molecule has 0 spiro atoms. The van der Waals surface area contributed by atoms with Crippen LogP contribution in [0, 0.1) is 11.3 Å². The van der Waals surface area contributed by atoms with Crippen molar-refractivity contribution in [1.82, 2.24) is 4.72 Å². The molecule has 1 heterocycles. The Morgan fingerprint density at radius 1 is 1.33 bits per heavy atom. The van der Waals surface area contributed by atoms with Crippen LogP contribution in [0.5, 0.6) is 0 Å². The molecule has 0 radical (unpaired) electrons. The fraction of sp³-hybridized carbons (Fsp3) is 0.444. The van der Waals surface area contributed by atoms with Gasteiger partial charge in [0, 0.05) is 12.8 Å². The smallest absolute Gasteiger partial charge is 0.229 e. The fourth-order valence-electron chi connectivity index (χ4n) is 1.14. The summed E-state index contributed by atoms with van der Waals surface area (Å²) < 4.78 is 47.5. The van der Waals surface area contributed by atoms with Gasteiger partial charge in [-0.2, -0.15) is 5.26 Å². The maximum Gasteiger partial charge on any atom is 0.250 e. The number of sulfone groups is 1. The quantitative estimate of drug-likeness (QED) is 0.763. The molecule has 0 amide bonds. The van der Waals surface area contributed by atoms with E-state index in [4.69, 9.17) is 5.26 Å². The van der Waals surface area contributed by atoms with Crippen molar-refractivity contribution in [3.8, 4) is 6.07 Å². The van der Waals surface area contributed by atoms with Crippen LogP contribution in [-0.4, -0.2) is 35.4 Å². The van der Waals surface area contributed by atoms with Crippen LogP contribution in [0.2, 0.25) is 0 Å². The summed E-state index contributed by atoms with van der Waals surface area (Å²) in [5, 5.41) is 8.60. The lowest BCUT2D eigenvalue weighted by molar-refractivity contribution is 0.579. The molecule has 0 aliphatic heterocycles. The lowest BCUT2D eigenvalue weighted by Gasteiger charge is -2.03. The van der Waals surface area contributed by atoms with Gasteiger partial charge in [0.2, 0.25) is 10.0 Å². The second-order valence-electron chi connectivity index (χ2n) is 3.61. The lowest BCUT2D eigenvalue weighted by atomic mass is 10.5. The van der Waals surface area contributed by atoms with E-state index in [0.29, 0.717) is 4.88 Å². The Kier molecular flexibility index (Phi) is 4.86. The lowest BCUT2D eigenvalue weighted by Crippen LogP contribution is -2.25. The van der Waals surface area contributed by atoms with E-state index in [1.165, 1.54) is 12.1 Å². The van der Waals surface area contributed by atoms with Crippen LogP contribution in [0.1, 0.15) is 11.3 Å². The molecule has 100 valence electrons. The number of nitrogens with one attached hydrogen (secondary N) is 1. The van der Waals surface area contributed by atoms with Crippen molar-refractivity contribution >= 4 is 31.2 Å². The molecular formula is C9H12N2O4S3. The maximum atomic E-state index is 11.7. The highest BCUT2D eigenvalue weighted by Crippen LogP contribution is 2.20. The summed E-state index contributed by atoms with van der Waals surface area (Å²) in [6, 6.07) is 4.63. The van der Waals surface area contributed by atoms with Crippen LogP contribution in [0.15, 0.2) is 16.3 Å². The van der Waals surface area contributed by atoms with Crippen LogP contribution < -0.4 is 4.72 Å². The Hall–Kier alpha value is -0.950. The van der Waals surface area contributed by atoms with Gasteiger partial charge in [0.1, 0.15) is 25.0 Å². The predicted octanol–water partition coefficient (Wildman–Crippen LogP) is 0.333. The number of hydrogen-bond acceptors (Lipinski definition) is 6. The van der Waals surface area contributed by atoms with Gasteiger partial charge in [-0.15, -0.1) is 11.3 Å². The number of nitrogens with zero attached hydrogens (tertiary/aromatic N) is 1. The second kappa shape index (κ2) is 5.79. The van der Waals surface area contributed by atoms with Crippen molar-refractivity contribution in [3.63, 3.8) is 0 Å². The summed E-state index contributed by atoms with van der Waals surface area (Å²) in [6.45, 7) is 0.0508. The standard InChI is InChI=1S/C9H12N2O4S3/c1-17(12,13)6-2-5-11-18(14,15)9-4-3-8(7-10)16-9/h3-4,11H,2,5-6H2,1H3. The molecule has 0 aliphatic carbocycles. The molecule has 9 heteroatoms. The minimum atomic E-state index is -3.64. The summed E-state index contributed by atoms with van der Waals surface area (Å²) in [7, 11) is -6.73. The van der Waals surface area contributed by atoms with E-state index in [-0.39, 0.29) is 22.9 Å². The minimum Gasteiger partial charge on any atom is -0.229 e. The molecular weight excluding hydrogens is 296 g/mol. The zero-order chi connectivity index (χ0) is 13.8. The molecule has 6 nitrogen and oxygen atoms in total. The first-order chi connectivity index (χ1) is 8.24. The van der Waals surface area contributed by atoms with Gasteiger partial charge in [0.15, 0.2) is 0 Å². The van der Waals surface area contributed by atoms with E-state index in [1.807, 2.05) is 6.07 Å². The zero-order valence-corrected chi connectivity index (χ0v) is 12.0. The summed E-state index contributed by atoms with van der Waals surface area (Å²) in [4.78, 5) is 0.312. The van der Waals surface area contributed by atoms with Crippen LogP contribution in [0.4, 0.5) is 0 Å². The molecule has 1 aromatic rings. The van der Waals surface area contributed by atoms with Gasteiger partial charge in [0.05, 0.1) is 5.75 Å². The van der Waals surface area contributed by atoms with Crippen molar-refractivity contribution in [2.45, 2.75) is 10.6 Å². The number of sulfonamides is 1. The Morgan fingerprint density at radius 2 is 2.00 bits per heavy atom. The zero-order valence-electron chi connectivity index (χ0n) is 9.58. The second-order valence-corrected chi connectivity index (χ2v) is 8.95. The van der Waals surface area contributed by atoms with Gasteiger partial charge in [-0.05, 0) is 18.6 Å². The minimum absolute atomic E-state index is 0.0508. The van der Waals surface area contributed by atoms with E-state index >= 15 is 0 Å². The van der Waals surface area contributed by atoms with Gasteiger partial charge < -0.3 is 0 Å². The van der Waals surface area contributed by atoms with Crippen molar-refractivity contribution in [3.05, 3.63) is 17.0 Å². The summed E-state index contributed by atoms with van der Waals surface area (Å²) in [5.74, 6) is -0.0661. The Labute approximate surface area is 110 Å². The molecule has 0 bridgehead atoms. The van der Waals surface area contributed by atoms with Crippen molar-refractivity contribution in [2.75, 3.05) is 18.6 Å². The topological polar surface area (TPSA) is 104 Å². The van der Waals surface area contributed by atoms with Gasteiger partial charge in [-0.3, -0.25) is 0 Å². The molecule has 1 aromatic heterocycles. The third-order valence-electron chi connectivity index (χ3n) is 1.94. The Balaban J connectivity index is 2.58. The molecule has 0 aliphatic rings. The normalized spacial score (nSPS) is 12.2. The fourth-order valence-corrected chi connectivity index (χ4v) is 4.03. The average Bonchev–Trinajstić information content (AvgIpc) is 2.72. The molecule has 0 aromatic carbocycles. The van der Waals surface area contributed by atoms with E-state index in [0.717, 1.165) is 17.6 Å². The van der Waals surface area contributed by atoms with E-state index < -0.39 is 19.9 Å². The monoisotopic (exact) mass is 308 g/mol. The first-order valence-electron chi connectivity index (χ1n) is 4.92. The molecule has 1 N–H and O–H groups in total. The largest absolute Gasteiger partial charge is 0.250 e. The first kappa shape index (κ1) is 15.1. The highest BCUT2D eigenvalue weighted by molar-refractivity contribution is 7.91. The van der Waals surface area contributed by atoms with Crippen molar-refractivity contribution in [1.29, 1.82) is 5.26 Å². The van der Waals surface area contributed by atoms with E-state index in [2.05, 4.69) is 4.72 Å². The van der Waals surface area contributed by atoms with E-state index in [1.54, 1.807) is 0 Å². The molecule has 1 rings (SSSR count). The van der Waals surface area contributed by atoms with Gasteiger partial charge in [-0.25, -0.2) is 21.6 Å². The van der Waals surface area contributed by atoms with Gasteiger partial charge in [0.25, 0.3) is 0 Å². The highest BCUT2D eigenvalue weighted by atomic mass is 32.2. The van der Waals surface area contributed by atoms with Crippen LogP contribution >= 0.6 is 11.3 Å². The van der Waals surface area contributed by atoms with E-state index in [9.17, 15) is 16.8 Å². The Morgan fingerprint density at radius 3 is 2.50 bits per heavy atom. The number of hydrogen-bond donors (Lipinski definition) is 1. The first-order valence-corrected chi connectivity index (χ1v) is 9.28. The predicted molar refractivity (Wildman–Crippen MR) is 68.6 cm³/mol. The average molecular weight is 308 g/mol. The van der Waals surface area contributed by atoms with Crippen LogP contribution in [0.25, 0.3) is 0 Å². The number of nitriles is 1. The number of thiophene rings is 1. The molecule has 0 fully saturated rings. The summed E-state index contributed by atoms with van der Waals surface area (Å²) in [6.07, 6.45) is 1.31. The highest BCUT2D eigenvalue weighted by Gasteiger charge is 2.16. The molecule has 0 atom stereocenters. The molecule has 0 saturated carbocycles. The molecule has 0 saturated heterocycles. The van der Waals surface area contributed by atoms with Gasteiger partial charge in [-0.1, -0.05) is 0 Å². The van der Waals surface area contributed by atoms with Crippen LogP contribution in [0.3, 0.4) is 0 Å². The molecule has 18 heavy (non-hydrogen) atoms. The van der Waals surface area contributed by atoms with Crippen molar-refractivity contribution in [2.24, 2.45) is 0 Å². The maximum absolute atomic E-state index is 11.7. The van der Waals surface area contributed by atoms with Gasteiger partial charge >= 0.3 is 0 Å². The third kappa shape index (κ3) is 4.73. The molecule has 0 unspecified atom stereocenters. The number of rotatable bonds is 6. The summed E-state index contributed by atoms with van der Waals surface area (Å²) in [5.41, 5.74) is 0. The summed E-state index contributed by atoms with van der Waals surface area (Å²) >= 11 is 0.874. The Bertz CT molecular complexity index is 652.